The normalized spacial score (nSPS) is 11.1. The molecular formula is C19H18N4O4. The fourth-order valence-electron chi connectivity index (χ4n) is 3.03. The Bertz CT molecular complexity index is 1170. The van der Waals surface area contributed by atoms with Gasteiger partial charge in [0.05, 0.1) is 26.3 Å². The highest BCUT2D eigenvalue weighted by atomic mass is 16.5. The summed E-state index contributed by atoms with van der Waals surface area (Å²) in [6.07, 6.45) is 1.70. The van der Waals surface area contributed by atoms with E-state index in [-0.39, 0.29) is 5.69 Å². The van der Waals surface area contributed by atoms with Crippen molar-refractivity contribution in [1.82, 2.24) is 19.7 Å². The summed E-state index contributed by atoms with van der Waals surface area (Å²) in [5.41, 5.74) is 3.28. The van der Waals surface area contributed by atoms with Gasteiger partial charge in [-0.3, -0.25) is 9.55 Å². The van der Waals surface area contributed by atoms with E-state index in [1.807, 2.05) is 31.2 Å². The Balaban J connectivity index is 1.82. The molecule has 0 aliphatic heterocycles. The number of fused-ring (bicyclic) bond motifs is 1. The molecule has 0 bridgehead atoms. The molecule has 0 aliphatic carbocycles. The number of hydrogen-bond acceptors (Lipinski definition) is 6. The molecule has 0 radical (unpaired) electrons. The van der Waals surface area contributed by atoms with Crippen LogP contribution in [0.25, 0.3) is 22.3 Å². The van der Waals surface area contributed by atoms with Crippen LogP contribution in [0.15, 0.2) is 45.8 Å². The van der Waals surface area contributed by atoms with E-state index in [1.54, 1.807) is 31.0 Å². The highest BCUT2D eigenvalue weighted by molar-refractivity contribution is 5.80. The molecule has 0 saturated heterocycles. The van der Waals surface area contributed by atoms with E-state index in [1.165, 1.54) is 0 Å². The minimum absolute atomic E-state index is 0.253. The molecule has 8 nitrogen and oxygen atoms in total. The smallest absolute Gasteiger partial charge is 0.328 e. The van der Waals surface area contributed by atoms with Crippen molar-refractivity contribution >= 4 is 11.2 Å². The molecule has 138 valence electrons. The van der Waals surface area contributed by atoms with E-state index in [2.05, 4.69) is 15.1 Å². The molecule has 8 heteroatoms. The first-order chi connectivity index (χ1) is 13.1. The Labute approximate surface area is 154 Å². The zero-order chi connectivity index (χ0) is 19.0. The summed E-state index contributed by atoms with van der Waals surface area (Å²) in [7, 11) is 3.20. The van der Waals surface area contributed by atoms with E-state index < -0.39 is 0 Å². The maximum atomic E-state index is 12.4. The van der Waals surface area contributed by atoms with Crippen LogP contribution in [0.2, 0.25) is 0 Å². The van der Waals surface area contributed by atoms with Gasteiger partial charge in [-0.1, -0.05) is 5.16 Å². The number of aryl methyl sites for hydroxylation is 1. The molecule has 0 atom stereocenters. The number of H-pyrrole nitrogens is 1. The van der Waals surface area contributed by atoms with E-state index in [0.717, 1.165) is 11.1 Å². The molecular weight excluding hydrogens is 348 g/mol. The van der Waals surface area contributed by atoms with Crippen molar-refractivity contribution in [3.63, 3.8) is 0 Å². The Hall–Kier alpha value is -3.55. The molecule has 0 spiro atoms. The first-order valence-electron chi connectivity index (χ1n) is 8.32. The Morgan fingerprint density at radius 2 is 2.04 bits per heavy atom. The second kappa shape index (κ2) is 6.64. The number of pyridine rings is 1. The minimum atomic E-state index is -0.253. The van der Waals surface area contributed by atoms with E-state index in [4.69, 9.17) is 14.0 Å². The van der Waals surface area contributed by atoms with Crippen LogP contribution in [-0.4, -0.2) is 33.9 Å². The number of aromatic nitrogens is 4. The number of benzene rings is 1. The van der Waals surface area contributed by atoms with Gasteiger partial charge in [-0.05, 0) is 25.1 Å². The van der Waals surface area contributed by atoms with Crippen LogP contribution in [0, 0.1) is 6.92 Å². The van der Waals surface area contributed by atoms with Gasteiger partial charge in [-0.25, -0.2) is 9.78 Å². The number of rotatable bonds is 5. The predicted octanol–water partition coefficient (Wildman–Crippen LogP) is 2.75. The summed E-state index contributed by atoms with van der Waals surface area (Å²) in [4.78, 5) is 19.5. The first-order valence-corrected chi connectivity index (χ1v) is 8.32. The molecule has 3 aromatic heterocycles. The van der Waals surface area contributed by atoms with Crippen molar-refractivity contribution in [2.24, 2.45) is 0 Å². The summed E-state index contributed by atoms with van der Waals surface area (Å²) < 4.78 is 17.4. The number of nitrogens with zero attached hydrogens (tertiary/aromatic N) is 3. The van der Waals surface area contributed by atoms with E-state index in [9.17, 15) is 4.79 Å². The Morgan fingerprint density at radius 1 is 1.19 bits per heavy atom. The van der Waals surface area contributed by atoms with Crippen molar-refractivity contribution in [3.05, 3.63) is 58.5 Å². The van der Waals surface area contributed by atoms with Crippen molar-refractivity contribution in [1.29, 1.82) is 0 Å². The summed E-state index contributed by atoms with van der Waals surface area (Å²) in [5.74, 6) is 2.05. The van der Waals surface area contributed by atoms with Gasteiger partial charge in [0, 0.05) is 29.5 Å². The molecule has 27 heavy (non-hydrogen) atoms. The lowest BCUT2D eigenvalue weighted by molar-refractivity contribution is 0.389. The predicted molar refractivity (Wildman–Crippen MR) is 99.2 cm³/mol. The summed E-state index contributed by atoms with van der Waals surface area (Å²) in [6, 6.07) is 9.26. The molecule has 0 saturated carbocycles. The lowest BCUT2D eigenvalue weighted by atomic mass is 10.1. The topological polar surface area (TPSA) is 95.2 Å². The fourth-order valence-corrected chi connectivity index (χ4v) is 3.03. The molecule has 4 rings (SSSR count). The maximum Gasteiger partial charge on any atom is 0.328 e. The quantitative estimate of drug-likeness (QED) is 0.583. The van der Waals surface area contributed by atoms with Crippen LogP contribution in [-0.2, 0) is 6.54 Å². The van der Waals surface area contributed by atoms with Crippen LogP contribution in [0.5, 0.6) is 11.5 Å². The molecule has 1 aromatic carbocycles. The summed E-state index contributed by atoms with van der Waals surface area (Å²) in [6.45, 7) is 2.10. The van der Waals surface area contributed by atoms with Crippen LogP contribution < -0.4 is 15.2 Å². The lowest BCUT2D eigenvalue weighted by Gasteiger charge is -2.10. The highest BCUT2D eigenvalue weighted by Gasteiger charge is 2.14. The average Bonchev–Trinajstić information content (AvgIpc) is 3.24. The molecule has 3 heterocycles. The van der Waals surface area contributed by atoms with Gasteiger partial charge in [0.25, 0.3) is 0 Å². The molecule has 1 N–H and O–H groups in total. The van der Waals surface area contributed by atoms with E-state index >= 15 is 0 Å². The number of aromatic amines is 1. The minimum Gasteiger partial charge on any atom is -0.497 e. The van der Waals surface area contributed by atoms with Gasteiger partial charge >= 0.3 is 5.69 Å². The highest BCUT2D eigenvalue weighted by Crippen LogP contribution is 2.33. The molecule has 0 fully saturated rings. The number of nitrogens with one attached hydrogen (secondary N) is 1. The summed E-state index contributed by atoms with van der Waals surface area (Å²) in [5, 5.41) is 3.96. The zero-order valence-corrected chi connectivity index (χ0v) is 15.1. The Kier molecular flexibility index (Phi) is 4.15. The maximum absolute atomic E-state index is 12.4. The second-order valence-electron chi connectivity index (χ2n) is 6.10. The first kappa shape index (κ1) is 16.9. The van der Waals surface area contributed by atoms with E-state index in [0.29, 0.717) is 40.7 Å². The van der Waals surface area contributed by atoms with Gasteiger partial charge in [0.1, 0.15) is 23.0 Å². The van der Waals surface area contributed by atoms with Crippen molar-refractivity contribution in [2.75, 3.05) is 14.2 Å². The van der Waals surface area contributed by atoms with Gasteiger partial charge < -0.3 is 14.0 Å². The standard InChI is InChI=1S/C19H18N4O4/c1-11-6-13(22-27-11)10-23-16-7-12(9-20-18(16)21-19(23)24)15-5-4-14(25-2)8-17(15)26-3/h4-9H,10H2,1-3H3,(H,20,21,24). The third-order valence-corrected chi connectivity index (χ3v) is 4.35. The number of methoxy groups -OCH3 is 2. The number of ether oxygens (including phenoxy) is 2. The fraction of sp³-hybridized carbons (Fsp3) is 0.211. The average molecular weight is 366 g/mol. The van der Waals surface area contributed by atoms with Gasteiger partial charge in [-0.15, -0.1) is 0 Å². The molecule has 0 aliphatic rings. The summed E-state index contributed by atoms with van der Waals surface area (Å²) >= 11 is 0. The third kappa shape index (κ3) is 3.05. The molecule has 0 amide bonds. The van der Waals surface area contributed by atoms with Crippen molar-refractivity contribution in [3.8, 4) is 22.6 Å². The number of hydrogen-bond donors (Lipinski definition) is 1. The van der Waals surface area contributed by atoms with Crippen LogP contribution in [0.1, 0.15) is 11.5 Å². The largest absolute Gasteiger partial charge is 0.497 e. The zero-order valence-electron chi connectivity index (χ0n) is 15.1. The molecule has 4 aromatic rings. The van der Waals surface area contributed by atoms with Crippen molar-refractivity contribution in [2.45, 2.75) is 13.5 Å². The number of imidazole rings is 1. The third-order valence-electron chi connectivity index (χ3n) is 4.35. The van der Waals surface area contributed by atoms with Crippen LogP contribution in [0.4, 0.5) is 0 Å². The second-order valence-corrected chi connectivity index (χ2v) is 6.10. The molecule has 0 unspecified atom stereocenters. The monoisotopic (exact) mass is 366 g/mol. The van der Waals surface area contributed by atoms with Gasteiger partial charge in [0.15, 0.2) is 5.65 Å². The van der Waals surface area contributed by atoms with Gasteiger partial charge in [0.2, 0.25) is 0 Å². The van der Waals surface area contributed by atoms with Gasteiger partial charge in [-0.2, -0.15) is 0 Å². The van der Waals surface area contributed by atoms with Crippen LogP contribution in [0.3, 0.4) is 0 Å². The van der Waals surface area contributed by atoms with Crippen molar-refractivity contribution < 1.29 is 14.0 Å². The SMILES string of the molecule is COc1ccc(-c2cnc3[nH]c(=O)n(Cc4cc(C)on4)c3c2)c(OC)c1. The Morgan fingerprint density at radius 3 is 2.74 bits per heavy atom. The van der Waals surface area contributed by atoms with Crippen LogP contribution >= 0.6 is 0 Å². The lowest BCUT2D eigenvalue weighted by Crippen LogP contribution is -2.17.